The quantitative estimate of drug-likeness (QED) is 0.605. The van der Waals surface area contributed by atoms with Gasteiger partial charge < -0.3 is 14.9 Å². The second-order valence-corrected chi connectivity index (χ2v) is 2.06. The second kappa shape index (κ2) is 3.39. The number of allylic oxidation sites excluding steroid dienone is 2. The Morgan fingerprint density at radius 3 is 2.90 bits per heavy atom. The summed E-state index contributed by atoms with van der Waals surface area (Å²) in [6.07, 6.45) is 4.71. The Kier molecular flexibility index (Phi) is 2.48. The Labute approximate surface area is 59.2 Å². The molecule has 3 heteroatoms. The molecule has 10 heavy (non-hydrogen) atoms. The van der Waals surface area contributed by atoms with E-state index in [0.29, 0.717) is 6.61 Å². The lowest BCUT2D eigenvalue weighted by atomic mass is 10.1. The van der Waals surface area contributed by atoms with Gasteiger partial charge in [-0.2, -0.15) is 0 Å². The fraction of sp³-hybridized carbons (Fsp3) is 0.286. The normalized spacial score (nSPS) is 16.9. The molecule has 0 spiro atoms. The van der Waals surface area contributed by atoms with Crippen LogP contribution in [0.4, 0.5) is 0 Å². The predicted molar refractivity (Wildman–Crippen MR) is 34.9 cm³/mol. The lowest BCUT2D eigenvalue weighted by Gasteiger charge is -2.09. The molecule has 0 aromatic heterocycles. The van der Waals surface area contributed by atoms with Crippen LogP contribution < -0.4 is 0 Å². The van der Waals surface area contributed by atoms with Gasteiger partial charge in [-0.1, -0.05) is 6.08 Å². The number of ether oxygens (including phenoxy) is 1. The van der Waals surface area contributed by atoms with E-state index in [4.69, 9.17) is 14.9 Å². The molecule has 1 aliphatic rings. The first-order chi connectivity index (χ1) is 4.79. The maximum atomic E-state index is 8.46. The van der Waals surface area contributed by atoms with E-state index in [2.05, 4.69) is 0 Å². The molecule has 0 fully saturated rings. The van der Waals surface area contributed by atoms with Crippen molar-refractivity contribution < 1.29 is 14.9 Å². The Balaban J connectivity index is 2.39. The minimum Gasteiger partial charge on any atom is -0.497 e. The van der Waals surface area contributed by atoms with Crippen LogP contribution in [0, 0.1) is 6.29 Å². The predicted octanol–water partition coefficient (Wildman–Crippen LogP) is 1.08. The van der Waals surface area contributed by atoms with Crippen molar-refractivity contribution in [3.63, 3.8) is 0 Å². The zero-order valence-electron chi connectivity index (χ0n) is 5.45. The van der Waals surface area contributed by atoms with Gasteiger partial charge in [0.1, 0.15) is 6.61 Å². The zero-order chi connectivity index (χ0) is 7.40. The van der Waals surface area contributed by atoms with Crippen molar-refractivity contribution in [1.29, 1.82) is 0 Å². The van der Waals surface area contributed by atoms with Gasteiger partial charge in [-0.3, -0.25) is 0 Å². The molecule has 0 atom stereocenters. The Morgan fingerprint density at radius 2 is 2.40 bits per heavy atom. The van der Waals surface area contributed by atoms with Gasteiger partial charge in [-0.15, -0.1) is 0 Å². The standard InChI is InChI=1S/C7H9O3/c8-7(9)4-6-2-1-3-10-5-6/h1-3,8-9H,4-5H2. The summed E-state index contributed by atoms with van der Waals surface area (Å²) in [6, 6.07) is 0. The highest BCUT2D eigenvalue weighted by atomic mass is 16.5. The van der Waals surface area contributed by atoms with E-state index in [1.54, 1.807) is 18.4 Å². The molecule has 0 saturated carbocycles. The van der Waals surface area contributed by atoms with Crippen LogP contribution in [0.2, 0.25) is 0 Å². The molecule has 0 aromatic carbocycles. The summed E-state index contributed by atoms with van der Waals surface area (Å²) >= 11 is 0. The summed E-state index contributed by atoms with van der Waals surface area (Å²) in [5.41, 5.74) is 0.863. The molecule has 1 radical (unpaired) electrons. The summed E-state index contributed by atoms with van der Waals surface area (Å²) in [5.74, 6) is 0. The number of rotatable bonds is 2. The zero-order valence-corrected chi connectivity index (χ0v) is 5.45. The topological polar surface area (TPSA) is 49.7 Å². The van der Waals surface area contributed by atoms with Crippen LogP contribution in [-0.2, 0) is 4.74 Å². The molecular weight excluding hydrogens is 132 g/mol. The van der Waals surface area contributed by atoms with E-state index in [1.807, 2.05) is 0 Å². The summed E-state index contributed by atoms with van der Waals surface area (Å²) < 4.78 is 4.90. The van der Waals surface area contributed by atoms with Crippen molar-refractivity contribution in [2.75, 3.05) is 6.61 Å². The van der Waals surface area contributed by atoms with E-state index >= 15 is 0 Å². The average molecular weight is 141 g/mol. The molecule has 0 unspecified atom stereocenters. The fourth-order valence-electron chi connectivity index (χ4n) is 0.747. The third kappa shape index (κ3) is 2.21. The van der Waals surface area contributed by atoms with Gasteiger partial charge in [0.15, 0.2) is 0 Å². The van der Waals surface area contributed by atoms with E-state index in [1.165, 1.54) is 0 Å². The number of hydrogen-bond donors (Lipinski definition) is 2. The largest absolute Gasteiger partial charge is 0.497 e. The third-order valence-electron chi connectivity index (χ3n) is 1.16. The number of hydrogen-bond acceptors (Lipinski definition) is 3. The molecule has 1 heterocycles. The van der Waals surface area contributed by atoms with Crippen LogP contribution in [0.3, 0.4) is 0 Å². The molecule has 0 saturated heterocycles. The Bertz CT molecular complexity index is 158. The first kappa shape index (κ1) is 7.31. The lowest BCUT2D eigenvalue weighted by molar-refractivity contribution is 0.0766. The van der Waals surface area contributed by atoms with Gasteiger partial charge in [0.25, 0.3) is 0 Å². The molecule has 1 aliphatic heterocycles. The molecule has 2 N–H and O–H groups in total. The Morgan fingerprint density at radius 1 is 1.60 bits per heavy atom. The molecule has 0 aromatic rings. The smallest absolute Gasteiger partial charge is 0.222 e. The maximum absolute atomic E-state index is 8.46. The van der Waals surface area contributed by atoms with Crippen molar-refractivity contribution in [2.45, 2.75) is 6.42 Å². The first-order valence-electron chi connectivity index (χ1n) is 2.99. The molecule has 3 nitrogen and oxygen atoms in total. The minimum atomic E-state index is -0.565. The van der Waals surface area contributed by atoms with Crippen LogP contribution in [0.25, 0.3) is 0 Å². The van der Waals surface area contributed by atoms with Gasteiger partial charge in [-0.25, -0.2) is 0 Å². The van der Waals surface area contributed by atoms with Crippen molar-refractivity contribution in [2.24, 2.45) is 0 Å². The highest BCUT2D eigenvalue weighted by molar-refractivity contribution is 5.16. The van der Waals surface area contributed by atoms with Crippen LogP contribution >= 0.6 is 0 Å². The second-order valence-electron chi connectivity index (χ2n) is 2.06. The summed E-state index contributed by atoms with van der Waals surface area (Å²) in [5, 5.41) is 16.9. The van der Waals surface area contributed by atoms with Crippen molar-refractivity contribution >= 4 is 0 Å². The fourth-order valence-corrected chi connectivity index (χ4v) is 0.747. The summed E-state index contributed by atoms with van der Waals surface area (Å²) in [7, 11) is 0. The van der Waals surface area contributed by atoms with Gasteiger partial charge in [0, 0.05) is 6.42 Å². The highest BCUT2D eigenvalue weighted by Gasteiger charge is 2.05. The van der Waals surface area contributed by atoms with Crippen molar-refractivity contribution in [3.8, 4) is 0 Å². The first-order valence-corrected chi connectivity index (χ1v) is 2.99. The lowest BCUT2D eigenvalue weighted by Crippen LogP contribution is -2.02. The molecule has 55 valence electrons. The van der Waals surface area contributed by atoms with Gasteiger partial charge in [0.05, 0.1) is 6.26 Å². The van der Waals surface area contributed by atoms with Gasteiger partial charge >= 0.3 is 0 Å². The van der Waals surface area contributed by atoms with Gasteiger partial charge in [-0.05, 0) is 11.6 Å². The summed E-state index contributed by atoms with van der Waals surface area (Å²) in [6.45, 7) is 0.446. The molecule has 0 bridgehead atoms. The van der Waals surface area contributed by atoms with Crippen LogP contribution in [0.15, 0.2) is 24.0 Å². The number of aliphatic hydroxyl groups excluding tert-OH is 1. The van der Waals surface area contributed by atoms with Crippen LogP contribution in [0.5, 0.6) is 0 Å². The molecule has 0 amide bonds. The van der Waals surface area contributed by atoms with Crippen molar-refractivity contribution in [1.82, 2.24) is 0 Å². The molecular formula is C7H9O3. The van der Waals surface area contributed by atoms with Crippen LogP contribution in [-0.4, -0.2) is 16.8 Å². The number of aliphatic hydroxyl groups is 2. The summed E-state index contributed by atoms with van der Waals surface area (Å²) in [4.78, 5) is 0. The molecule has 1 rings (SSSR count). The minimum absolute atomic E-state index is 0.185. The van der Waals surface area contributed by atoms with E-state index in [-0.39, 0.29) is 6.42 Å². The van der Waals surface area contributed by atoms with E-state index in [0.717, 1.165) is 5.57 Å². The monoisotopic (exact) mass is 141 g/mol. The van der Waals surface area contributed by atoms with E-state index in [9.17, 15) is 0 Å². The van der Waals surface area contributed by atoms with Crippen LogP contribution in [0.1, 0.15) is 6.42 Å². The van der Waals surface area contributed by atoms with Gasteiger partial charge in [0.2, 0.25) is 6.29 Å². The average Bonchev–Trinajstić information content (AvgIpc) is 1.88. The SMILES string of the molecule is O[C](O)CC1=CC=COC1. The molecule has 0 aliphatic carbocycles. The highest BCUT2D eigenvalue weighted by Crippen LogP contribution is 2.11. The van der Waals surface area contributed by atoms with E-state index < -0.39 is 6.29 Å². The Hall–Kier alpha value is -0.800. The van der Waals surface area contributed by atoms with Crippen molar-refractivity contribution in [3.05, 3.63) is 30.3 Å². The maximum Gasteiger partial charge on any atom is 0.222 e. The third-order valence-corrected chi connectivity index (χ3v) is 1.16.